The first kappa shape index (κ1) is 24.6. The molecule has 1 aromatic heterocycles. The smallest absolute Gasteiger partial charge is 0.387 e. The number of halogens is 2. The van der Waals surface area contributed by atoms with Crippen molar-refractivity contribution in [3.05, 3.63) is 116 Å². The van der Waals surface area contributed by atoms with Crippen molar-refractivity contribution in [2.75, 3.05) is 0 Å². The van der Waals surface area contributed by atoms with Crippen molar-refractivity contribution >= 4 is 28.9 Å². The van der Waals surface area contributed by atoms with Crippen LogP contribution in [0.15, 0.2) is 89.7 Å². The number of rotatable bonds is 7. The third-order valence-corrected chi connectivity index (χ3v) is 6.18. The molecule has 180 valence electrons. The Hall–Kier alpha value is -4.55. The number of alkyl halides is 2. The predicted molar refractivity (Wildman–Crippen MR) is 133 cm³/mol. The number of carbonyl (C=O) groups is 1. The van der Waals surface area contributed by atoms with Gasteiger partial charge in [0.2, 0.25) is 0 Å². The molecule has 0 unspecified atom stereocenters. The molecule has 9 heteroatoms. The Labute approximate surface area is 208 Å². The van der Waals surface area contributed by atoms with E-state index in [1.807, 2.05) is 36.4 Å². The monoisotopic (exact) mass is 503 g/mol. The van der Waals surface area contributed by atoms with Gasteiger partial charge in [0.25, 0.3) is 11.5 Å². The van der Waals surface area contributed by atoms with Crippen molar-refractivity contribution in [1.29, 1.82) is 5.26 Å². The molecule has 0 aliphatic carbocycles. The molecule has 3 aromatic carbocycles. The molecule has 1 N–H and O–H groups in total. The van der Waals surface area contributed by atoms with Gasteiger partial charge in [0, 0.05) is 6.54 Å². The Kier molecular flexibility index (Phi) is 7.68. The fraction of sp³-hybridized carbons (Fsp3) is 0.0741. The molecule has 1 heterocycles. The summed E-state index contributed by atoms with van der Waals surface area (Å²) in [4.78, 5) is 26.4. The molecule has 0 spiro atoms. The molecule has 0 atom stereocenters. The van der Waals surface area contributed by atoms with Crippen LogP contribution in [0.2, 0.25) is 0 Å². The molecule has 4 rings (SSSR count). The summed E-state index contributed by atoms with van der Waals surface area (Å²) in [5, 5.41) is 12.6. The van der Waals surface area contributed by atoms with Crippen LogP contribution in [0.25, 0.3) is 17.3 Å². The van der Waals surface area contributed by atoms with Crippen molar-refractivity contribution < 1.29 is 18.3 Å². The van der Waals surface area contributed by atoms with E-state index in [-0.39, 0.29) is 27.1 Å². The first-order valence-electron chi connectivity index (χ1n) is 10.8. The molecule has 36 heavy (non-hydrogen) atoms. The van der Waals surface area contributed by atoms with Gasteiger partial charge in [-0.25, -0.2) is 0 Å². The largest absolute Gasteiger partial charge is 0.435 e. The van der Waals surface area contributed by atoms with Crippen molar-refractivity contribution in [3.8, 4) is 17.5 Å². The highest BCUT2D eigenvalue weighted by Crippen LogP contribution is 2.15. The van der Waals surface area contributed by atoms with Crippen LogP contribution >= 0.6 is 11.3 Å². The summed E-state index contributed by atoms with van der Waals surface area (Å²) in [6.07, 6.45) is 1.57. The lowest BCUT2D eigenvalue weighted by molar-refractivity contribution is -0.115. The van der Waals surface area contributed by atoms with Gasteiger partial charge in [0.15, 0.2) is 5.57 Å². The summed E-state index contributed by atoms with van der Waals surface area (Å²) in [5.41, 5.74) is 1.31. The third-order valence-electron chi connectivity index (χ3n) is 5.09. The van der Waals surface area contributed by atoms with Gasteiger partial charge in [-0.05, 0) is 41.5 Å². The molecule has 0 fully saturated rings. The van der Waals surface area contributed by atoms with Crippen LogP contribution in [0.3, 0.4) is 0 Å². The highest BCUT2D eigenvalue weighted by molar-refractivity contribution is 7.07. The van der Waals surface area contributed by atoms with Crippen LogP contribution in [0.4, 0.5) is 8.78 Å². The first-order valence-corrected chi connectivity index (χ1v) is 11.6. The molecule has 0 aliphatic rings. The van der Waals surface area contributed by atoms with E-state index >= 15 is 0 Å². The number of hydrogen-bond acceptors (Lipinski definition) is 5. The number of nitriles is 1. The van der Waals surface area contributed by atoms with Gasteiger partial charge in [0.05, 0.1) is 10.2 Å². The normalized spacial score (nSPS) is 12.2. The van der Waals surface area contributed by atoms with Crippen LogP contribution in [-0.2, 0) is 11.3 Å². The maximum Gasteiger partial charge on any atom is 0.387 e. The fourth-order valence-electron chi connectivity index (χ4n) is 3.42. The van der Waals surface area contributed by atoms with Gasteiger partial charge in [-0.15, -0.1) is 11.3 Å². The fourth-order valence-corrected chi connectivity index (χ4v) is 4.52. The van der Waals surface area contributed by atoms with Crippen LogP contribution in [0.1, 0.15) is 11.1 Å². The zero-order valence-electron chi connectivity index (χ0n) is 18.7. The van der Waals surface area contributed by atoms with E-state index in [1.54, 1.807) is 36.4 Å². The number of hydrogen-bond donors (Lipinski definition) is 1. The molecular formula is C27H19F2N3O3S. The molecule has 0 radical (unpaired) electrons. The summed E-state index contributed by atoms with van der Waals surface area (Å²) in [7, 11) is 0. The summed E-state index contributed by atoms with van der Waals surface area (Å²) < 4.78 is 31.0. The molecule has 0 aliphatic heterocycles. The summed E-state index contributed by atoms with van der Waals surface area (Å²) in [6, 6.07) is 25.7. The number of aromatic nitrogens is 1. The Balaban J connectivity index is 1.81. The van der Waals surface area contributed by atoms with Gasteiger partial charge in [0.1, 0.15) is 16.5 Å². The van der Waals surface area contributed by atoms with E-state index < -0.39 is 18.1 Å². The number of para-hydroxylation sites is 1. The van der Waals surface area contributed by atoms with Gasteiger partial charge >= 0.3 is 6.61 Å². The van der Waals surface area contributed by atoms with Gasteiger partial charge in [-0.2, -0.15) is 14.0 Å². The number of nitrogens with one attached hydrogen (secondary N) is 1. The minimum absolute atomic E-state index is 0.00842. The van der Waals surface area contributed by atoms with Crippen molar-refractivity contribution in [2.24, 2.45) is 0 Å². The average Bonchev–Trinajstić information content (AvgIpc) is 3.20. The van der Waals surface area contributed by atoms with E-state index in [4.69, 9.17) is 0 Å². The molecule has 0 saturated carbocycles. The number of nitrogens with zero attached hydrogens (tertiary/aromatic N) is 2. The minimum Gasteiger partial charge on any atom is -0.435 e. The highest BCUT2D eigenvalue weighted by Gasteiger charge is 2.17. The van der Waals surface area contributed by atoms with Crippen molar-refractivity contribution in [3.63, 3.8) is 0 Å². The topological polar surface area (TPSA) is 84.1 Å². The van der Waals surface area contributed by atoms with Gasteiger partial charge < -0.3 is 10.1 Å². The predicted octanol–water partition coefficient (Wildman–Crippen LogP) is 3.32. The Morgan fingerprint density at radius 1 is 1.03 bits per heavy atom. The van der Waals surface area contributed by atoms with Crippen LogP contribution in [-0.4, -0.2) is 17.1 Å². The minimum atomic E-state index is -2.94. The first-order chi connectivity index (χ1) is 17.5. The number of benzene rings is 3. The third kappa shape index (κ3) is 5.74. The summed E-state index contributed by atoms with van der Waals surface area (Å²) in [5.74, 6) is -0.613. The van der Waals surface area contributed by atoms with E-state index in [2.05, 4.69) is 10.1 Å². The van der Waals surface area contributed by atoms with Crippen LogP contribution in [0.5, 0.6) is 5.75 Å². The van der Waals surface area contributed by atoms with Crippen molar-refractivity contribution in [1.82, 2.24) is 9.88 Å². The molecule has 6 nitrogen and oxygen atoms in total. The standard InChI is InChI=1S/C27H19F2N3O3S/c28-27(29)35-21-13-11-18(12-14-21)15-23-25(34)32(20-9-5-2-6-10-20)26(36-23)22(16-30)24(33)31-17-19-7-3-1-4-8-19/h1-15,27H,17H2,(H,31,33)/b23-15+,26-22+. The molecule has 0 bridgehead atoms. The Morgan fingerprint density at radius 2 is 1.67 bits per heavy atom. The van der Waals surface area contributed by atoms with Gasteiger partial charge in [-0.3, -0.25) is 14.2 Å². The van der Waals surface area contributed by atoms with E-state index in [0.717, 1.165) is 16.9 Å². The zero-order valence-corrected chi connectivity index (χ0v) is 19.5. The van der Waals surface area contributed by atoms with E-state index in [0.29, 0.717) is 11.3 Å². The van der Waals surface area contributed by atoms with E-state index in [1.165, 1.54) is 28.8 Å². The maximum atomic E-state index is 13.4. The van der Waals surface area contributed by atoms with Crippen LogP contribution in [0, 0.1) is 11.3 Å². The van der Waals surface area contributed by atoms with Gasteiger partial charge in [-0.1, -0.05) is 60.7 Å². The number of amides is 1. The van der Waals surface area contributed by atoms with Crippen LogP contribution < -0.4 is 24.8 Å². The average molecular weight is 504 g/mol. The van der Waals surface area contributed by atoms with Crippen molar-refractivity contribution in [2.45, 2.75) is 13.2 Å². The Bertz CT molecular complexity index is 1570. The SMILES string of the molecule is N#C/C(C(=O)NCc1ccccc1)=c1\s/c(=C/c2ccc(OC(F)F)cc2)c(=O)n1-c1ccccc1. The summed E-state index contributed by atoms with van der Waals surface area (Å²) >= 11 is 0.997. The second-order valence-corrected chi connectivity index (χ2v) is 8.53. The zero-order chi connectivity index (χ0) is 25.5. The number of carbonyl (C=O) groups excluding carboxylic acids is 1. The molecule has 4 aromatic rings. The molecular weight excluding hydrogens is 484 g/mol. The maximum absolute atomic E-state index is 13.4. The lowest BCUT2D eigenvalue weighted by Gasteiger charge is -2.06. The lowest BCUT2D eigenvalue weighted by Crippen LogP contribution is -2.33. The number of ether oxygens (including phenoxy) is 1. The second-order valence-electron chi connectivity index (χ2n) is 7.49. The molecule has 1 amide bonds. The lowest BCUT2D eigenvalue weighted by atomic mass is 10.2. The second kappa shape index (κ2) is 11.3. The highest BCUT2D eigenvalue weighted by atomic mass is 32.1. The number of thiazole rings is 1. The van der Waals surface area contributed by atoms with E-state index in [9.17, 15) is 23.6 Å². The quantitative estimate of drug-likeness (QED) is 0.420. The Morgan fingerprint density at radius 3 is 2.28 bits per heavy atom. The summed E-state index contributed by atoms with van der Waals surface area (Å²) in [6.45, 7) is -2.72. The molecule has 0 saturated heterocycles.